The number of likely N-dealkylation sites (tertiary alicyclic amines) is 1. The molecule has 2 N–H and O–H groups in total. The molecule has 0 aromatic heterocycles. The fraction of sp³-hybridized carbons (Fsp3) is 0.625. The predicted octanol–water partition coefficient (Wildman–Crippen LogP) is 5.27. The predicted molar refractivity (Wildman–Crippen MR) is 128 cm³/mol. The van der Waals surface area contributed by atoms with Crippen LogP contribution in [0.25, 0.3) is 0 Å². The second kappa shape index (κ2) is 10.1. The minimum atomic E-state index is -0.414. The lowest BCUT2D eigenvalue weighted by molar-refractivity contribution is 0.0365. The van der Waals surface area contributed by atoms with Crippen LogP contribution in [0.5, 0.6) is 0 Å². The zero-order valence-corrected chi connectivity index (χ0v) is 20.5. The Morgan fingerprint density at radius 2 is 2.10 bits per heavy atom. The third-order valence-corrected chi connectivity index (χ3v) is 7.42. The first-order valence-electron chi connectivity index (χ1n) is 11.2. The Balaban J connectivity index is 1.84. The maximum absolute atomic E-state index is 13.6. The van der Waals surface area contributed by atoms with Gasteiger partial charge in [-0.2, -0.15) is 0 Å². The maximum atomic E-state index is 13.6. The van der Waals surface area contributed by atoms with Crippen molar-refractivity contribution in [3.05, 3.63) is 45.5 Å². The molecule has 1 fully saturated rings. The molecule has 1 saturated heterocycles. The summed E-state index contributed by atoms with van der Waals surface area (Å²) in [6.45, 7) is 8.81. The number of hydrogen-bond donors (Lipinski definition) is 2. The average molecular weight is 468 g/mol. The third-order valence-electron chi connectivity index (χ3n) is 6.59. The topological polar surface area (TPSA) is 55.8 Å². The smallest absolute Gasteiger partial charge is 0.318 e. The van der Waals surface area contributed by atoms with Crippen LogP contribution in [0.4, 0.5) is 4.79 Å². The number of benzene rings is 1. The Hall–Kier alpha value is -1.27. The highest BCUT2D eigenvalue weighted by Crippen LogP contribution is 2.35. The molecular formula is C24H35Cl2N3O2. The van der Waals surface area contributed by atoms with Crippen molar-refractivity contribution in [1.82, 2.24) is 15.1 Å². The van der Waals surface area contributed by atoms with Crippen LogP contribution >= 0.6 is 23.2 Å². The molecule has 0 saturated carbocycles. The summed E-state index contributed by atoms with van der Waals surface area (Å²) >= 11 is 12.6. The van der Waals surface area contributed by atoms with Gasteiger partial charge in [0.05, 0.1) is 22.2 Å². The van der Waals surface area contributed by atoms with Crippen LogP contribution in [-0.2, 0) is 0 Å². The summed E-state index contributed by atoms with van der Waals surface area (Å²) in [5.74, 6) is 0. The van der Waals surface area contributed by atoms with Crippen molar-refractivity contribution in [3.8, 4) is 0 Å². The quantitative estimate of drug-likeness (QED) is 0.579. The zero-order chi connectivity index (χ0) is 22.8. The third kappa shape index (κ3) is 5.95. The molecule has 2 amide bonds. The first kappa shape index (κ1) is 24.4. The zero-order valence-electron chi connectivity index (χ0n) is 19.0. The van der Waals surface area contributed by atoms with E-state index in [4.69, 9.17) is 23.2 Å². The van der Waals surface area contributed by atoms with Gasteiger partial charge in [0.1, 0.15) is 0 Å². The van der Waals surface area contributed by atoms with Gasteiger partial charge in [-0.15, -0.1) is 0 Å². The van der Waals surface area contributed by atoms with Crippen LogP contribution in [-0.4, -0.2) is 59.8 Å². The Labute approximate surface area is 196 Å². The second-order valence-electron chi connectivity index (χ2n) is 9.76. The Morgan fingerprint density at radius 3 is 2.77 bits per heavy atom. The molecule has 3 rings (SSSR count). The van der Waals surface area contributed by atoms with Gasteiger partial charge in [-0.3, -0.25) is 0 Å². The minimum Gasteiger partial charge on any atom is -0.389 e. The van der Waals surface area contributed by atoms with Gasteiger partial charge in [0, 0.05) is 19.1 Å². The monoisotopic (exact) mass is 467 g/mol. The van der Waals surface area contributed by atoms with Gasteiger partial charge >= 0.3 is 6.03 Å². The molecule has 5 nitrogen and oxygen atoms in total. The molecule has 0 bridgehead atoms. The molecule has 1 aromatic rings. The van der Waals surface area contributed by atoms with Crippen LogP contribution in [0.1, 0.15) is 58.1 Å². The van der Waals surface area contributed by atoms with E-state index in [0.29, 0.717) is 16.6 Å². The molecular weight excluding hydrogens is 433 g/mol. The summed E-state index contributed by atoms with van der Waals surface area (Å²) in [7, 11) is 2.13. The van der Waals surface area contributed by atoms with Crippen LogP contribution in [0, 0.1) is 5.41 Å². The largest absolute Gasteiger partial charge is 0.389 e. The number of urea groups is 1. The van der Waals surface area contributed by atoms with Gasteiger partial charge in [-0.1, -0.05) is 60.8 Å². The molecule has 1 aliphatic carbocycles. The lowest BCUT2D eigenvalue weighted by Crippen LogP contribution is -2.59. The van der Waals surface area contributed by atoms with Crippen LogP contribution in [0.3, 0.4) is 0 Å². The highest BCUT2D eigenvalue weighted by Gasteiger charge is 2.41. The van der Waals surface area contributed by atoms with E-state index in [1.165, 1.54) is 0 Å². The number of hydrogen-bond acceptors (Lipinski definition) is 3. The number of carbonyl (C=O) groups is 1. The van der Waals surface area contributed by atoms with E-state index in [2.05, 4.69) is 31.1 Å². The number of aliphatic hydroxyl groups excluding tert-OH is 1. The van der Waals surface area contributed by atoms with E-state index < -0.39 is 6.10 Å². The summed E-state index contributed by atoms with van der Waals surface area (Å²) in [4.78, 5) is 17.9. The first-order chi connectivity index (χ1) is 14.6. The number of nitrogens with one attached hydrogen (secondary N) is 1. The van der Waals surface area contributed by atoms with E-state index in [-0.39, 0.29) is 23.5 Å². The standard InChI is InChI=1S/C24H35Cl2N3O2/c1-16(19-9-6-10-20(25)22(19)26)27-23(31)29(14-17-7-5-8-18(30)13-17)21-11-12-28(4)15-24(21,2)3/h6,9-10,13,16,18,21,30H,5,7-8,11-12,14-15H2,1-4H3,(H,27,31). The Morgan fingerprint density at radius 1 is 1.35 bits per heavy atom. The number of piperidine rings is 1. The number of carbonyl (C=O) groups excluding carboxylic acids is 1. The Kier molecular flexibility index (Phi) is 7.95. The number of amides is 2. The highest BCUT2D eigenvalue weighted by molar-refractivity contribution is 6.42. The summed E-state index contributed by atoms with van der Waals surface area (Å²) < 4.78 is 0. The molecule has 31 heavy (non-hydrogen) atoms. The van der Waals surface area contributed by atoms with Gasteiger partial charge < -0.3 is 20.2 Å². The summed E-state index contributed by atoms with van der Waals surface area (Å²) in [5, 5.41) is 14.2. The number of aliphatic hydroxyl groups is 1. The highest BCUT2D eigenvalue weighted by atomic mass is 35.5. The van der Waals surface area contributed by atoms with Gasteiger partial charge in [-0.25, -0.2) is 4.79 Å². The number of halogens is 2. The van der Waals surface area contributed by atoms with Gasteiger partial charge in [0.25, 0.3) is 0 Å². The summed E-state index contributed by atoms with van der Waals surface area (Å²) in [6.07, 6.45) is 5.10. The fourth-order valence-corrected chi connectivity index (χ4v) is 5.51. The molecule has 0 spiro atoms. The second-order valence-corrected chi connectivity index (χ2v) is 10.5. The van der Waals surface area contributed by atoms with Gasteiger partial charge in [0.15, 0.2) is 0 Å². The molecule has 172 valence electrons. The first-order valence-corrected chi connectivity index (χ1v) is 11.9. The van der Waals surface area contributed by atoms with Crippen molar-refractivity contribution >= 4 is 29.2 Å². The normalized spacial score (nSPS) is 24.9. The molecule has 7 heteroatoms. The van der Waals surface area contributed by atoms with Crippen molar-refractivity contribution in [2.75, 3.05) is 26.7 Å². The van der Waals surface area contributed by atoms with Gasteiger partial charge in [0.2, 0.25) is 0 Å². The molecule has 1 aromatic carbocycles. The van der Waals surface area contributed by atoms with Crippen LogP contribution in [0.2, 0.25) is 10.0 Å². The van der Waals surface area contributed by atoms with Crippen LogP contribution < -0.4 is 5.32 Å². The van der Waals surface area contributed by atoms with Crippen molar-refractivity contribution in [3.63, 3.8) is 0 Å². The lowest BCUT2D eigenvalue weighted by Gasteiger charge is -2.48. The van der Waals surface area contributed by atoms with Gasteiger partial charge in [-0.05, 0) is 63.2 Å². The van der Waals surface area contributed by atoms with Crippen molar-refractivity contribution < 1.29 is 9.90 Å². The van der Waals surface area contributed by atoms with E-state index in [0.717, 1.165) is 49.9 Å². The van der Waals surface area contributed by atoms with E-state index >= 15 is 0 Å². The maximum Gasteiger partial charge on any atom is 0.318 e. The molecule has 3 atom stereocenters. The average Bonchev–Trinajstić information content (AvgIpc) is 2.68. The fourth-order valence-electron chi connectivity index (χ4n) is 5.04. The van der Waals surface area contributed by atoms with E-state index in [1.54, 1.807) is 6.07 Å². The van der Waals surface area contributed by atoms with E-state index in [1.807, 2.05) is 30.0 Å². The van der Waals surface area contributed by atoms with Crippen molar-refractivity contribution in [2.45, 2.75) is 64.6 Å². The van der Waals surface area contributed by atoms with Crippen molar-refractivity contribution in [2.24, 2.45) is 5.41 Å². The van der Waals surface area contributed by atoms with Crippen LogP contribution in [0.15, 0.2) is 29.8 Å². The van der Waals surface area contributed by atoms with Crippen molar-refractivity contribution in [1.29, 1.82) is 0 Å². The number of rotatable bonds is 5. The molecule has 1 heterocycles. The summed E-state index contributed by atoms with van der Waals surface area (Å²) in [5.41, 5.74) is 1.89. The molecule has 3 unspecified atom stereocenters. The van der Waals surface area contributed by atoms with E-state index in [9.17, 15) is 9.90 Å². The SMILES string of the molecule is CC(NC(=O)N(CC1=CC(O)CCC1)C1CCN(C)CC1(C)C)c1cccc(Cl)c1Cl. The molecule has 0 radical (unpaired) electrons. The number of nitrogens with zero attached hydrogens (tertiary/aromatic N) is 2. The Bertz CT molecular complexity index is 827. The lowest BCUT2D eigenvalue weighted by atomic mass is 9.78. The minimum absolute atomic E-state index is 0.0465. The molecule has 1 aliphatic heterocycles. The molecule has 2 aliphatic rings. The summed E-state index contributed by atoms with van der Waals surface area (Å²) in [6, 6.07) is 5.21.